The van der Waals surface area contributed by atoms with Gasteiger partial charge >= 0.3 is 0 Å². The van der Waals surface area contributed by atoms with Crippen molar-refractivity contribution in [3.8, 4) is 0 Å². The standard InChI is InChI=1S/C12H14BrNOS/c1-6-4-9(7(2)15-6)12(14)11-5-10(13)8(3)16-11/h4-5,12H,14H2,1-3H3. The molecule has 4 heteroatoms. The van der Waals surface area contributed by atoms with Crippen LogP contribution in [0.25, 0.3) is 0 Å². The zero-order valence-electron chi connectivity index (χ0n) is 9.50. The number of hydrogen-bond donors (Lipinski definition) is 1. The van der Waals surface area contributed by atoms with Gasteiger partial charge in [-0.2, -0.15) is 0 Å². The Labute approximate surface area is 108 Å². The number of rotatable bonds is 2. The topological polar surface area (TPSA) is 39.2 Å². The summed E-state index contributed by atoms with van der Waals surface area (Å²) < 4.78 is 6.63. The fourth-order valence-corrected chi connectivity index (χ4v) is 3.33. The van der Waals surface area contributed by atoms with Crippen LogP contribution in [0.15, 0.2) is 21.0 Å². The quantitative estimate of drug-likeness (QED) is 0.907. The van der Waals surface area contributed by atoms with E-state index in [4.69, 9.17) is 10.2 Å². The van der Waals surface area contributed by atoms with E-state index in [1.54, 1.807) is 11.3 Å². The molecule has 0 saturated heterocycles. The predicted octanol–water partition coefficient (Wildman–Crippen LogP) is 4.08. The Kier molecular flexibility index (Phi) is 3.24. The number of furan rings is 1. The van der Waals surface area contributed by atoms with Crippen molar-refractivity contribution in [1.82, 2.24) is 0 Å². The van der Waals surface area contributed by atoms with Crippen molar-refractivity contribution in [3.63, 3.8) is 0 Å². The Morgan fingerprint density at radius 3 is 2.44 bits per heavy atom. The van der Waals surface area contributed by atoms with Crippen LogP contribution in [0, 0.1) is 20.8 Å². The van der Waals surface area contributed by atoms with Crippen LogP contribution >= 0.6 is 27.3 Å². The lowest BCUT2D eigenvalue weighted by Gasteiger charge is -2.07. The Bertz CT molecular complexity index is 496. The fraction of sp³-hybridized carbons (Fsp3) is 0.333. The average molecular weight is 300 g/mol. The molecule has 2 heterocycles. The van der Waals surface area contributed by atoms with Crippen LogP contribution in [-0.4, -0.2) is 0 Å². The van der Waals surface area contributed by atoms with Gasteiger partial charge < -0.3 is 10.2 Å². The highest BCUT2D eigenvalue weighted by Gasteiger charge is 2.17. The van der Waals surface area contributed by atoms with E-state index in [9.17, 15) is 0 Å². The van der Waals surface area contributed by atoms with Gasteiger partial charge in [-0.15, -0.1) is 11.3 Å². The molecular formula is C12H14BrNOS. The molecular weight excluding hydrogens is 286 g/mol. The van der Waals surface area contributed by atoms with Crippen LogP contribution in [0.3, 0.4) is 0 Å². The van der Waals surface area contributed by atoms with E-state index in [-0.39, 0.29) is 6.04 Å². The van der Waals surface area contributed by atoms with E-state index in [0.717, 1.165) is 26.4 Å². The first kappa shape index (κ1) is 11.9. The van der Waals surface area contributed by atoms with Gasteiger partial charge in [0.15, 0.2) is 0 Å². The molecule has 0 aliphatic rings. The van der Waals surface area contributed by atoms with Crippen molar-refractivity contribution >= 4 is 27.3 Å². The highest BCUT2D eigenvalue weighted by Crippen LogP contribution is 2.34. The van der Waals surface area contributed by atoms with E-state index in [1.165, 1.54) is 4.88 Å². The molecule has 0 aromatic carbocycles. The van der Waals surface area contributed by atoms with Gasteiger partial charge in [0.25, 0.3) is 0 Å². The minimum absolute atomic E-state index is 0.0903. The number of hydrogen-bond acceptors (Lipinski definition) is 3. The molecule has 0 radical (unpaired) electrons. The second kappa shape index (κ2) is 4.35. The van der Waals surface area contributed by atoms with E-state index < -0.39 is 0 Å². The lowest BCUT2D eigenvalue weighted by atomic mass is 10.1. The first-order valence-corrected chi connectivity index (χ1v) is 6.68. The minimum atomic E-state index is -0.0903. The van der Waals surface area contributed by atoms with Gasteiger partial charge in [-0.1, -0.05) is 0 Å². The van der Waals surface area contributed by atoms with Crippen LogP contribution in [-0.2, 0) is 0 Å². The lowest BCUT2D eigenvalue weighted by molar-refractivity contribution is 0.500. The van der Waals surface area contributed by atoms with E-state index in [2.05, 4.69) is 28.9 Å². The predicted molar refractivity (Wildman–Crippen MR) is 71.0 cm³/mol. The van der Waals surface area contributed by atoms with E-state index in [1.807, 2.05) is 19.9 Å². The summed E-state index contributed by atoms with van der Waals surface area (Å²) in [4.78, 5) is 2.41. The van der Waals surface area contributed by atoms with Crippen molar-refractivity contribution in [2.24, 2.45) is 5.73 Å². The van der Waals surface area contributed by atoms with Crippen LogP contribution in [0.2, 0.25) is 0 Å². The van der Waals surface area contributed by atoms with Crippen molar-refractivity contribution in [3.05, 3.63) is 43.4 Å². The third-order valence-electron chi connectivity index (χ3n) is 2.60. The smallest absolute Gasteiger partial charge is 0.106 e. The third-order valence-corrected chi connectivity index (χ3v) is 4.82. The van der Waals surface area contributed by atoms with E-state index in [0.29, 0.717) is 0 Å². The second-order valence-electron chi connectivity index (χ2n) is 3.90. The van der Waals surface area contributed by atoms with Crippen LogP contribution < -0.4 is 5.73 Å². The van der Waals surface area contributed by atoms with Crippen molar-refractivity contribution < 1.29 is 4.42 Å². The summed E-state index contributed by atoms with van der Waals surface area (Å²) in [6, 6.07) is 4.02. The highest BCUT2D eigenvalue weighted by atomic mass is 79.9. The van der Waals surface area contributed by atoms with Crippen LogP contribution in [0.5, 0.6) is 0 Å². The summed E-state index contributed by atoms with van der Waals surface area (Å²) in [7, 11) is 0. The summed E-state index contributed by atoms with van der Waals surface area (Å²) in [5, 5.41) is 0. The maximum absolute atomic E-state index is 6.24. The first-order valence-electron chi connectivity index (χ1n) is 5.07. The molecule has 2 nitrogen and oxygen atoms in total. The molecule has 0 amide bonds. The monoisotopic (exact) mass is 299 g/mol. The highest BCUT2D eigenvalue weighted by molar-refractivity contribution is 9.10. The molecule has 1 unspecified atom stereocenters. The molecule has 0 spiro atoms. The molecule has 16 heavy (non-hydrogen) atoms. The minimum Gasteiger partial charge on any atom is -0.466 e. The molecule has 0 bridgehead atoms. The zero-order chi connectivity index (χ0) is 11.9. The Morgan fingerprint density at radius 1 is 1.31 bits per heavy atom. The second-order valence-corrected chi connectivity index (χ2v) is 6.04. The molecule has 0 aliphatic carbocycles. The lowest BCUT2D eigenvalue weighted by Crippen LogP contribution is -2.10. The number of nitrogens with two attached hydrogens (primary N) is 1. The van der Waals surface area contributed by atoms with Crippen LogP contribution in [0.1, 0.15) is 32.9 Å². The summed E-state index contributed by atoms with van der Waals surface area (Å²) in [6.07, 6.45) is 0. The van der Waals surface area contributed by atoms with Gasteiger partial charge in [0, 0.05) is 19.8 Å². The molecule has 1 atom stereocenters. The SMILES string of the molecule is Cc1cc(C(N)c2cc(Br)c(C)s2)c(C)o1. The summed E-state index contributed by atoms with van der Waals surface area (Å²) in [5.41, 5.74) is 7.32. The summed E-state index contributed by atoms with van der Waals surface area (Å²) >= 11 is 5.23. The molecule has 0 fully saturated rings. The van der Waals surface area contributed by atoms with Gasteiger partial charge in [-0.05, 0) is 48.8 Å². The fourth-order valence-electron chi connectivity index (χ4n) is 1.75. The molecule has 2 N–H and O–H groups in total. The molecule has 2 rings (SSSR count). The van der Waals surface area contributed by atoms with Crippen molar-refractivity contribution in [1.29, 1.82) is 0 Å². The Hall–Kier alpha value is -0.580. The maximum Gasteiger partial charge on any atom is 0.106 e. The van der Waals surface area contributed by atoms with Gasteiger partial charge in [-0.3, -0.25) is 0 Å². The van der Waals surface area contributed by atoms with Gasteiger partial charge in [0.1, 0.15) is 11.5 Å². The molecule has 2 aromatic heterocycles. The average Bonchev–Trinajstić information content (AvgIpc) is 2.70. The third kappa shape index (κ3) is 2.10. The van der Waals surface area contributed by atoms with Gasteiger partial charge in [-0.25, -0.2) is 0 Å². The first-order chi connectivity index (χ1) is 7.49. The normalized spacial score (nSPS) is 13.1. The van der Waals surface area contributed by atoms with Crippen molar-refractivity contribution in [2.45, 2.75) is 26.8 Å². The summed E-state index contributed by atoms with van der Waals surface area (Å²) in [6.45, 7) is 5.98. The van der Waals surface area contributed by atoms with E-state index >= 15 is 0 Å². The van der Waals surface area contributed by atoms with Gasteiger partial charge in [0.2, 0.25) is 0 Å². The number of halogens is 1. The largest absolute Gasteiger partial charge is 0.466 e. The van der Waals surface area contributed by atoms with Crippen molar-refractivity contribution in [2.75, 3.05) is 0 Å². The van der Waals surface area contributed by atoms with Crippen LogP contribution in [0.4, 0.5) is 0 Å². The molecule has 0 saturated carbocycles. The Morgan fingerprint density at radius 2 is 2.00 bits per heavy atom. The maximum atomic E-state index is 6.24. The Balaban J connectivity index is 2.38. The van der Waals surface area contributed by atoms with Gasteiger partial charge in [0.05, 0.1) is 6.04 Å². The summed E-state index contributed by atoms with van der Waals surface area (Å²) in [5.74, 6) is 1.82. The molecule has 86 valence electrons. The molecule has 2 aromatic rings. The number of thiophene rings is 1. The zero-order valence-corrected chi connectivity index (χ0v) is 11.9. The molecule has 0 aliphatic heterocycles. The number of aryl methyl sites for hydroxylation is 3.